The molecule has 1 saturated heterocycles. The Labute approximate surface area is 112 Å². The van der Waals surface area contributed by atoms with Crippen LogP contribution in [0.15, 0.2) is 0 Å². The molecular weight excluding hydrogens is 261 g/mol. The summed E-state index contributed by atoms with van der Waals surface area (Å²) in [5, 5.41) is 9.36. The van der Waals surface area contributed by atoms with Gasteiger partial charge in [-0.25, -0.2) is 0 Å². The first kappa shape index (κ1) is 16.7. The van der Waals surface area contributed by atoms with Crippen molar-refractivity contribution in [2.24, 2.45) is 0 Å². The van der Waals surface area contributed by atoms with Crippen molar-refractivity contribution in [2.45, 2.75) is 32.2 Å². The number of hydrogen-bond donors (Lipinski definition) is 1. The summed E-state index contributed by atoms with van der Waals surface area (Å²) < 4.78 is 40.3. The quantitative estimate of drug-likeness (QED) is 0.737. The molecular formula is C12H23F3N2O2. The number of nitrogens with zero attached hydrogens (tertiary/aromatic N) is 2. The summed E-state index contributed by atoms with van der Waals surface area (Å²) in [4.78, 5) is 4.29. The first-order valence-corrected chi connectivity index (χ1v) is 6.57. The molecule has 0 bridgehead atoms. The van der Waals surface area contributed by atoms with E-state index >= 15 is 0 Å². The summed E-state index contributed by atoms with van der Waals surface area (Å²) in [6.07, 6.45) is -4.60. The van der Waals surface area contributed by atoms with Gasteiger partial charge in [-0.1, -0.05) is 0 Å². The number of hydrogen-bond acceptors (Lipinski definition) is 4. The fraction of sp³-hybridized carbons (Fsp3) is 1.00. The highest BCUT2D eigenvalue weighted by atomic mass is 19.4. The summed E-state index contributed by atoms with van der Waals surface area (Å²) in [5.41, 5.74) is 0. The number of ether oxygens (including phenoxy) is 1. The Kier molecular flexibility index (Phi) is 6.52. The van der Waals surface area contributed by atoms with Gasteiger partial charge in [0.1, 0.15) is 6.61 Å². The van der Waals surface area contributed by atoms with E-state index in [2.05, 4.69) is 21.5 Å². The average molecular weight is 284 g/mol. The number of piperazine rings is 1. The van der Waals surface area contributed by atoms with Crippen LogP contribution in [-0.4, -0.2) is 79.2 Å². The Morgan fingerprint density at radius 2 is 2.05 bits per heavy atom. The Balaban J connectivity index is 2.18. The maximum Gasteiger partial charge on any atom is 0.411 e. The summed E-state index contributed by atoms with van der Waals surface area (Å²) in [6, 6.07) is 0.297. The van der Waals surface area contributed by atoms with Crippen molar-refractivity contribution in [3.63, 3.8) is 0 Å². The summed E-state index contributed by atoms with van der Waals surface area (Å²) in [7, 11) is 0. The number of aliphatic hydroxyl groups excluding tert-OH is 1. The summed E-state index contributed by atoms with van der Waals surface area (Å²) >= 11 is 0. The summed E-state index contributed by atoms with van der Waals surface area (Å²) in [6.45, 7) is 6.31. The fourth-order valence-corrected chi connectivity index (χ4v) is 2.27. The molecule has 1 aliphatic rings. The monoisotopic (exact) mass is 284 g/mol. The number of β-amino-alcohol motifs (C(OH)–C–C–N with tert-alkyl or cyclic N) is 1. The van der Waals surface area contributed by atoms with Gasteiger partial charge in [-0.05, 0) is 13.8 Å². The molecule has 0 unspecified atom stereocenters. The van der Waals surface area contributed by atoms with Crippen molar-refractivity contribution >= 4 is 0 Å². The minimum Gasteiger partial charge on any atom is -0.392 e. The van der Waals surface area contributed by atoms with Crippen molar-refractivity contribution in [1.29, 1.82) is 0 Å². The van der Waals surface area contributed by atoms with Crippen molar-refractivity contribution in [3.05, 3.63) is 0 Å². The van der Waals surface area contributed by atoms with Gasteiger partial charge in [0.15, 0.2) is 0 Å². The number of rotatable bonds is 6. The molecule has 1 rings (SSSR count). The largest absolute Gasteiger partial charge is 0.411 e. The lowest BCUT2D eigenvalue weighted by molar-refractivity contribution is -0.174. The molecule has 4 nitrogen and oxygen atoms in total. The van der Waals surface area contributed by atoms with Gasteiger partial charge in [0, 0.05) is 38.8 Å². The lowest BCUT2D eigenvalue weighted by Crippen LogP contribution is -2.54. The van der Waals surface area contributed by atoms with Crippen LogP contribution in [0.1, 0.15) is 13.8 Å². The molecule has 7 heteroatoms. The van der Waals surface area contributed by atoms with Crippen molar-refractivity contribution < 1.29 is 23.0 Å². The Morgan fingerprint density at radius 1 is 1.37 bits per heavy atom. The molecule has 1 N–H and O–H groups in total. The highest BCUT2D eigenvalue weighted by Gasteiger charge is 2.28. The number of halogens is 3. The van der Waals surface area contributed by atoms with Crippen molar-refractivity contribution in [1.82, 2.24) is 9.80 Å². The molecule has 0 aromatic rings. The first-order valence-electron chi connectivity index (χ1n) is 6.57. The minimum atomic E-state index is -4.25. The van der Waals surface area contributed by atoms with Gasteiger partial charge in [0.05, 0.1) is 12.7 Å². The van der Waals surface area contributed by atoms with Gasteiger partial charge in [-0.2, -0.15) is 13.2 Å². The van der Waals surface area contributed by atoms with Gasteiger partial charge in [0.2, 0.25) is 0 Å². The van der Waals surface area contributed by atoms with Gasteiger partial charge in [-0.3, -0.25) is 9.80 Å². The van der Waals surface area contributed by atoms with Crippen molar-refractivity contribution in [3.8, 4) is 0 Å². The van der Waals surface area contributed by atoms with Crippen LogP contribution in [0.2, 0.25) is 0 Å². The zero-order chi connectivity index (χ0) is 14.5. The van der Waals surface area contributed by atoms with Crippen LogP contribution < -0.4 is 0 Å². The number of alkyl halides is 3. The van der Waals surface area contributed by atoms with E-state index in [1.54, 1.807) is 6.92 Å². The second kappa shape index (κ2) is 7.42. The van der Waals surface area contributed by atoms with E-state index in [4.69, 9.17) is 0 Å². The van der Waals surface area contributed by atoms with Crippen LogP contribution in [0.25, 0.3) is 0 Å². The van der Waals surface area contributed by atoms with Gasteiger partial charge in [-0.15, -0.1) is 0 Å². The third-order valence-corrected chi connectivity index (χ3v) is 3.17. The molecule has 2 atom stereocenters. The Bertz CT molecular complexity index is 262. The van der Waals surface area contributed by atoms with Crippen LogP contribution >= 0.6 is 0 Å². The second-order valence-corrected chi connectivity index (χ2v) is 5.16. The molecule has 0 amide bonds. The van der Waals surface area contributed by atoms with E-state index in [-0.39, 0.29) is 12.7 Å². The van der Waals surface area contributed by atoms with E-state index in [0.29, 0.717) is 19.1 Å². The van der Waals surface area contributed by atoms with Crippen LogP contribution in [0, 0.1) is 0 Å². The molecule has 0 aromatic carbocycles. The van der Waals surface area contributed by atoms with Gasteiger partial charge < -0.3 is 9.84 Å². The molecule has 19 heavy (non-hydrogen) atoms. The molecule has 0 aromatic heterocycles. The normalized spacial score (nSPS) is 24.6. The molecule has 114 valence electrons. The Morgan fingerprint density at radius 3 is 2.58 bits per heavy atom. The maximum absolute atomic E-state index is 11.9. The molecule has 0 spiro atoms. The number of aliphatic hydroxyl groups is 1. The highest BCUT2D eigenvalue weighted by Crippen LogP contribution is 2.14. The van der Waals surface area contributed by atoms with Crippen molar-refractivity contribution in [2.75, 3.05) is 45.9 Å². The third kappa shape index (κ3) is 7.10. The molecule has 1 heterocycles. The zero-order valence-electron chi connectivity index (χ0n) is 11.5. The van der Waals surface area contributed by atoms with E-state index in [0.717, 1.165) is 19.6 Å². The molecule has 0 aliphatic carbocycles. The second-order valence-electron chi connectivity index (χ2n) is 5.16. The minimum absolute atomic E-state index is 0.0998. The molecule has 1 aliphatic heterocycles. The van der Waals surface area contributed by atoms with E-state index in [9.17, 15) is 18.3 Å². The average Bonchev–Trinajstić information content (AvgIpc) is 2.26. The van der Waals surface area contributed by atoms with Crippen LogP contribution in [-0.2, 0) is 4.74 Å². The zero-order valence-corrected chi connectivity index (χ0v) is 11.5. The van der Waals surface area contributed by atoms with Crippen LogP contribution in [0.3, 0.4) is 0 Å². The van der Waals surface area contributed by atoms with Gasteiger partial charge >= 0.3 is 6.18 Å². The lowest BCUT2D eigenvalue weighted by atomic mass is 10.1. The SMILES string of the molecule is C[C@@H]1CN(CCOCC(F)(F)F)CCN1C[C@@H](C)O. The predicted octanol–water partition coefficient (Wildman–Crippen LogP) is 0.952. The van der Waals surface area contributed by atoms with E-state index in [1.807, 2.05) is 0 Å². The van der Waals surface area contributed by atoms with E-state index in [1.165, 1.54) is 0 Å². The lowest BCUT2D eigenvalue weighted by Gasteiger charge is -2.40. The topological polar surface area (TPSA) is 35.9 Å². The summed E-state index contributed by atoms with van der Waals surface area (Å²) in [5.74, 6) is 0. The standard InChI is InChI=1S/C12H23F3N2O2/c1-10-7-16(3-4-17(10)8-11(2)18)5-6-19-9-12(13,14)15/h10-11,18H,3-9H2,1-2H3/t10-,11-/m1/s1. The van der Waals surface area contributed by atoms with E-state index < -0.39 is 12.8 Å². The third-order valence-electron chi connectivity index (χ3n) is 3.17. The highest BCUT2D eigenvalue weighted by molar-refractivity contribution is 4.79. The molecule has 0 radical (unpaired) electrons. The van der Waals surface area contributed by atoms with Crippen LogP contribution in [0.4, 0.5) is 13.2 Å². The predicted molar refractivity (Wildman–Crippen MR) is 66.0 cm³/mol. The molecule has 0 saturated carbocycles. The fourth-order valence-electron chi connectivity index (χ4n) is 2.27. The molecule has 1 fully saturated rings. The first-order chi connectivity index (χ1) is 8.78. The Hall–Kier alpha value is -0.370. The van der Waals surface area contributed by atoms with Crippen LogP contribution in [0.5, 0.6) is 0 Å². The maximum atomic E-state index is 11.9. The van der Waals surface area contributed by atoms with Gasteiger partial charge in [0.25, 0.3) is 0 Å². The smallest absolute Gasteiger partial charge is 0.392 e.